The van der Waals surface area contributed by atoms with Gasteiger partial charge in [0.25, 0.3) is 0 Å². The van der Waals surface area contributed by atoms with Gasteiger partial charge in [0.1, 0.15) is 0 Å². The highest BCUT2D eigenvalue weighted by Gasteiger charge is 2.21. The van der Waals surface area contributed by atoms with Crippen LogP contribution in [0.3, 0.4) is 0 Å². The van der Waals surface area contributed by atoms with Gasteiger partial charge in [-0.25, -0.2) is 9.97 Å². The van der Waals surface area contributed by atoms with E-state index in [-0.39, 0.29) is 5.91 Å². The van der Waals surface area contributed by atoms with Crippen molar-refractivity contribution in [3.8, 4) is 0 Å². The Morgan fingerprint density at radius 1 is 1.22 bits per heavy atom. The topological polar surface area (TPSA) is 51.0 Å². The number of aromatic nitrogens is 3. The predicted octanol–water partition coefficient (Wildman–Crippen LogP) is 6.23. The van der Waals surface area contributed by atoms with Crippen molar-refractivity contribution in [3.63, 3.8) is 0 Å². The van der Waals surface area contributed by atoms with Gasteiger partial charge in [-0.1, -0.05) is 48.1 Å². The number of anilines is 1. The fourth-order valence-electron chi connectivity index (χ4n) is 3.50. The molecule has 0 N–H and O–H groups in total. The van der Waals surface area contributed by atoms with Crippen molar-refractivity contribution < 1.29 is 4.79 Å². The maximum Gasteiger partial charge on any atom is 0.233 e. The molecule has 0 unspecified atom stereocenters. The minimum atomic E-state index is 0.0411. The van der Waals surface area contributed by atoms with E-state index in [4.69, 9.17) is 16.6 Å². The van der Waals surface area contributed by atoms with Gasteiger partial charge in [0.2, 0.25) is 5.91 Å². The van der Waals surface area contributed by atoms with Crippen LogP contribution >= 0.6 is 34.7 Å². The summed E-state index contributed by atoms with van der Waals surface area (Å²) in [5.41, 5.74) is 2.93. The molecule has 0 aliphatic carbocycles. The summed E-state index contributed by atoms with van der Waals surface area (Å²) in [5.74, 6) is 1.07. The maximum absolute atomic E-state index is 13.4. The van der Waals surface area contributed by atoms with Crippen molar-refractivity contribution in [1.82, 2.24) is 14.5 Å². The van der Waals surface area contributed by atoms with Gasteiger partial charge in [-0.15, -0.1) is 11.8 Å². The van der Waals surface area contributed by atoms with Crippen molar-refractivity contribution >= 4 is 56.0 Å². The average molecular weight is 485 g/mol. The van der Waals surface area contributed by atoms with Crippen molar-refractivity contribution in [1.29, 1.82) is 0 Å². The van der Waals surface area contributed by atoms with Gasteiger partial charge in [-0.05, 0) is 48.4 Å². The first-order valence-corrected chi connectivity index (χ1v) is 12.8. The summed E-state index contributed by atoms with van der Waals surface area (Å²) in [4.78, 5) is 25.3. The molecule has 8 heteroatoms. The Morgan fingerprint density at radius 3 is 2.72 bits per heavy atom. The van der Waals surface area contributed by atoms with Crippen LogP contribution in [0.4, 0.5) is 5.13 Å². The van der Waals surface area contributed by atoms with Gasteiger partial charge >= 0.3 is 0 Å². The number of thioether (sulfide) groups is 1. The van der Waals surface area contributed by atoms with Crippen LogP contribution < -0.4 is 4.90 Å². The first kappa shape index (κ1) is 22.8. The SMILES string of the molecule is CCSc1ccc(CC(=O)N(CCCn2ccnc2)c2nc3c(C)ccc(Cl)c3s2)cc1. The van der Waals surface area contributed by atoms with Crippen molar-refractivity contribution in [2.75, 3.05) is 17.2 Å². The predicted molar refractivity (Wildman–Crippen MR) is 135 cm³/mol. The number of rotatable bonds is 9. The molecule has 0 saturated heterocycles. The molecule has 0 bridgehead atoms. The van der Waals surface area contributed by atoms with Crippen LogP contribution in [0.15, 0.2) is 60.0 Å². The number of carbonyl (C=O) groups excluding carboxylic acids is 1. The van der Waals surface area contributed by atoms with E-state index in [1.807, 2.05) is 46.9 Å². The van der Waals surface area contributed by atoms with Crippen molar-refractivity contribution in [3.05, 3.63) is 71.3 Å². The van der Waals surface area contributed by atoms with E-state index < -0.39 is 0 Å². The monoisotopic (exact) mass is 484 g/mol. The normalized spacial score (nSPS) is 11.2. The second-order valence-electron chi connectivity index (χ2n) is 7.49. The van der Waals surface area contributed by atoms with Crippen LogP contribution in [0.2, 0.25) is 5.02 Å². The number of nitrogens with zero attached hydrogens (tertiary/aromatic N) is 4. The molecule has 2 heterocycles. The van der Waals surface area contributed by atoms with Crippen LogP contribution in [-0.4, -0.2) is 32.7 Å². The molecule has 4 rings (SSSR count). The van der Waals surface area contributed by atoms with Gasteiger partial charge in [0.15, 0.2) is 5.13 Å². The smallest absolute Gasteiger partial charge is 0.233 e. The maximum atomic E-state index is 13.4. The summed E-state index contributed by atoms with van der Waals surface area (Å²) in [6.45, 7) is 5.52. The molecular formula is C24H25ClN4OS2. The molecule has 166 valence electrons. The zero-order valence-corrected chi connectivity index (χ0v) is 20.5. The zero-order valence-electron chi connectivity index (χ0n) is 18.1. The van der Waals surface area contributed by atoms with E-state index in [1.165, 1.54) is 16.2 Å². The fraction of sp³-hybridized carbons (Fsp3) is 0.292. The standard InChI is InChI=1S/C24H25ClN4OS2/c1-3-31-19-8-6-18(7-9-19)15-21(30)29(13-4-12-28-14-11-26-16-28)24-27-22-17(2)5-10-20(25)23(22)32-24/h5-11,14,16H,3-4,12-13,15H2,1-2H3. The lowest BCUT2D eigenvalue weighted by atomic mass is 10.1. The number of hydrogen-bond acceptors (Lipinski definition) is 5. The van der Waals surface area contributed by atoms with Crippen LogP contribution in [0.1, 0.15) is 24.5 Å². The van der Waals surface area contributed by atoms with E-state index in [1.54, 1.807) is 24.3 Å². The van der Waals surface area contributed by atoms with Crippen LogP contribution in [0, 0.1) is 6.92 Å². The summed E-state index contributed by atoms with van der Waals surface area (Å²) in [5, 5.41) is 1.37. The Hall–Kier alpha value is -2.35. The Labute approximate surface area is 201 Å². The summed E-state index contributed by atoms with van der Waals surface area (Å²) in [7, 11) is 0. The molecule has 1 amide bonds. The number of aryl methyl sites for hydroxylation is 2. The fourth-order valence-corrected chi connectivity index (χ4v) is 5.53. The van der Waals surface area contributed by atoms with Gasteiger partial charge in [0, 0.05) is 30.4 Å². The average Bonchev–Trinajstić information content (AvgIpc) is 3.46. The second-order valence-corrected chi connectivity index (χ2v) is 10.2. The van der Waals surface area contributed by atoms with E-state index in [0.717, 1.165) is 40.1 Å². The molecule has 0 atom stereocenters. The van der Waals surface area contributed by atoms with E-state index in [9.17, 15) is 4.79 Å². The van der Waals surface area contributed by atoms with E-state index >= 15 is 0 Å². The molecule has 0 fully saturated rings. The molecule has 4 aromatic rings. The largest absolute Gasteiger partial charge is 0.337 e. The molecule has 0 aliphatic rings. The number of halogens is 1. The number of fused-ring (bicyclic) bond motifs is 1. The lowest BCUT2D eigenvalue weighted by Gasteiger charge is -2.20. The lowest BCUT2D eigenvalue weighted by molar-refractivity contribution is -0.118. The third kappa shape index (κ3) is 5.34. The Balaban J connectivity index is 1.57. The third-order valence-electron chi connectivity index (χ3n) is 5.16. The van der Waals surface area contributed by atoms with E-state index in [2.05, 4.69) is 24.0 Å². The first-order chi connectivity index (χ1) is 15.5. The zero-order chi connectivity index (χ0) is 22.5. The number of hydrogen-bond donors (Lipinski definition) is 0. The third-order valence-corrected chi connectivity index (χ3v) is 7.60. The summed E-state index contributed by atoms with van der Waals surface area (Å²) < 4.78 is 2.95. The number of benzene rings is 2. The lowest BCUT2D eigenvalue weighted by Crippen LogP contribution is -2.33. The molecule has 0 aliphatic heterocycles. The Kier molecular flexibility index (Phi) is 7.50. The minimum Gasteiger partial charge on any atom is -0.337 e. The molecule has 5 nitrogen and oxygen atoms in total. The second kappa shape index (κ2) is 10.5. The first-order valence-electron chi connectivity index (χ1n) is 10.6. The van der Waals surface area contributed by atoms with Gasteiger partial charge in [-0.3, -0.25) is 9.69 Å². The number of imidazole rings is 1. The molecule has 2 aromatic carbocycles. The molecule has 0 saturated carbocycles. The number of thiazole rings is 1. The van der Waals surface area contributed by atoms with Crippen molar-refractivity contribution in [2.24, 2.45) is 0 Å². The van der Waals surface area contributed by atoms with Crippen LogP contribution in [0.25, 0.3) is 10.2 Å². The molecular weight excluding hydrogens is 460 g/mol. The van der Waals surface area contributed by atoms with Crippen LogP contribution in [0.5, 0.6) is 0 Å². The molecule has 0 radical (unpaired) electrons. The number of amides is 1. The molecule has 0 spiro atoms. The molecule has 2 aromatic heterocycles. The van der Waals surface area contributed by atoms with Gasteiger partial charge < -0.3 is 4.57 Å². The Bertz CT molecular complexity index is 1150. The minimum absolute atomic E-state index is 0.0411. The Morgan fingerprint density at radius 2 is 2.03 bits per heavy atom. The van der Waals surface area contributed by atoms with Crippen LogP contribution in [-0.2, 0) is 17.8 Å². The summed E-state index contributed by atoms with van der Waals surface area (Å²) in [6.07, 6.45) is 6.63. The highest BCUT2D eigenvalue weighted by atomic mass is 35.5. The summed E-state index contributed by atoms with van der Waals surface area (Å²) in [6, 6.07) is 12.1. The van der Waals surface area contributed by atoms with Gasteiger partial charge in [0.05, 0.1) is 28.0 Å². The summed E-state index contributed by atoms with van der Waals surface area (Å²) >= 11 is 9.70. The van der Waals surface area contributed by atoms with Crippen molar-refractivity contribution in [2.45, 2.75) is 38.1 Å². The quantitative estimate of drug-likeness (QED) is 0.264. The number of carbonyl (C=O) groups is 1. The highest BCUT2D eigenvalue weighted by molar-refractivity contribution is 7.99. The highest BCUT2D eigenvalue weighted by Crippen LogP contribution is 2.36. The van der Waals surface area contributed by atoms with Gasteiger partial charge in [-0.2, -0.15) is 0 Å². The molecule has 32 heavy (non-hydrogen) atoms. The van der Waals surface area contributed by atoms with E-state index in [0.29, 0.717) is 23.1 Å².